The Balaban J connectivity index is 0.00000364. The lowest BCUT2D eigenvalue weighted by atomic mass is 10.1. The van der Waals surface area contributed by atoms with Crippen LogP contribution in [0.5, 0.6) is 0 Å². The molecule has 2 N–H and O–H groups in total. The number of hydrogen-bond acceptors (Lipinski definition) is 3. The second-order valence-electron chi connectivity index (χ2n) is 7.23. The van der Waals surface area contributed by atoms with E-state index in [2.05, 4.69) is 39.3 Å². The van der Waals surface area contributed by atoms with Crippen LogP contribution in [0.3, 0.4) is 0 Å². The van der Waals surface area contributed by atoms with Gasteiger partial charge in [-0.3, -0.25) is 4.99 Å². The number of hydrogen-bond donors (Lipinski definition) is 2. The van der Waals surface area contributed by atoms with Gasteiger partial charge in [0.25, 0.3) is 0 Å². The van der Waals surface area contributed by atoms with Gasteiger partial charge in [0, 0.05) is 52.9 Å². The number of benzene rings is 1. The normalized spacial score (nSPS) is 17.3. The van der Waals surface area contributed by atoms with Crippen molar-refractivity contribution in [1.82, 2.24) is 20.4 Å². The van der Waals surface area contributed by atoms with Crippen molar-refractivity contribution in [2.45, 2.75) is 27.3 Å². The largest absolute Gasteiger partial charge is 0.356 e. The first-order valence-electron chi connectivity index (χ1n) is 9.66. The van der Waals surface area contributed by atoms with Crippen LogP contribution in [0.2, 0.25) is 0 Å². The van der Waals surface area contributed by atoms with Crippen LogP contribution in [0, 0.1) is 18.7 Å². The molecule has 0 amide bonds. The highest BCUT2D eigenvalue weighted by Crippen LogP contribution is 2.09. The smallest absolute Gasteiger partial charge is 0.191 e. The minimum absolute atomic E-state index is 0. The predicted molar refractivity (Wildman–Crippen MR) is 122 cm³/mol. The third kappa shape index (κ3) is 8.31. The fourth-order valence-electron chi connectivity index (χ4n) is 3.29. The summed E-state index contributed by atoms with van der Waals surface area (Å²) < 4.78 is 13.3. The highest BCUT2D eigenvalue weighted by atomic mass is 127. The number of piperazine rings is 1. The molecule has 154 valence electrons. The third-order valence-electron chi connectivity index (χ3n) is 5.01. The van der Waals surface area contributed by atoms with Crippen molar-refractivity contribution in [3.63, 3.8) is 0 Å². The van der Waals surface area contributed by atoms with Crippen LogP contribution in [-0.4, -0.2) is 68.6 Å². The lowest BCUT2D eigenvalue weighted by Gasteiger charge is -2.35. The van der Waals surface area contributed by atoms with Gasteiger partial charge in [-0.2, -0.15) is 0 Å². The van der Waals surface area contributed by atoms with Crippen LogP contribution in [0.25, 0.3) is 0 Å². The average molecular weight is 491 g/mol. The Hall–Kier alpha value is -0.930. The summed E-state index contributed by atoms with van der Waals surface area (Å²) in [6.45, 7) is 14.7. The second kappa shape index (κ2) is 12.5. The summed E-state index contributed by atoms with van der Waals surface area (Å²) >= 11 is 0. The molecule has 0 bridgehead atoms. The first kappa shape index (κ1) is 24.1. The minimum atomic E-state index is -0.162. The summed E-state index contributed by atoms with van der Waals surface area (Å²) in [5.41, 5.74) is 1.72. The molecule has 1 unspecified atom stereocenters. The van der Waals surface area contributed by atoms with Gasteiger partial charge in [0.1, 0.15) is 5.82 Å². The standard InChI is InChI=1S/C20H34FN5.HI/c1-5-25-8-10-26(11-9-25)15-16(2)13-23-20(22-4)24-14-18-6-7-19(21)17(3)12-18;/h6-7,12,16H,5,8-11,13-15H2,1-4H3,(H2,22,23,24);1H. The van der Waals surface area contributed by atoms with E-state index in [1.165, 1.54) is 19.2 Å². The lowest BCUT2D eigenvalue weighted by molar-refractivity contribution is 0.124. The van der Waals surface area contributed by atoms with Gasteiger partial charge in [-0.1, -0.05) is 26.0 Å². The summed E-state index contributed by atoms with van der Waals surface area (Å²) in [7, 11) is 1.78. The molecule has 0 spiro atoms. The van der Waals surface area contributed by atoms with Crippen molar-refractivity contribution in [1.29, 1.82) is 0 Å². The molecular weight excluding hydrogens is 456 g/mol. The molecule has 1 atom stereocenters. The Kier molecular flexibility index (Phi) is 11.2. The summed E-state index contributed by atoms with van der Waals surface area (Å²) in [4.78, 5) is 9.34. The van der Waals surface area contributed by atoms with E-state index in [1.807, 2.05) is 6.07 Å². The Morgan fingerprint density at radius 2 is 1.85 bits per heavy atom. The monoisotopic (exact) mass is 491 g/mol. The molecule has 1 saturated heterocycles. The molecule has 1 heterocycles. The zero-order valence-electron chi connectivity index (χ0n) is 17.1. The van der Waals surface area contributed by atoms with Crippen molar-refractivity contribution in [2.24, 2.45) is 10.9 Å². The van der Waals surface area contributed by atoms with Gasteiger partial charge in [-0.05, 0) is 36.6 Å². The van der Waals surface area contributed by atoms with Gasteiger partial charge in [0.2, 0.25) is 0 Å². The second-order valence-corrected chi connectivity index (χ2v) is 7.23. The van der Waals surface area contributed by atoms with E-state index < -0.39 is 0 Å². The molecule has 1 aromatic carbocycles. The fraction of sp³-hybridized carbons (Fsp3) is 0.650. The maximum absolute atomic E-state index is 13.3. The quantitative estimate of drug-likeness (QED) is 0.350. The molecule has 1 aromatic rings. The number of guanidine groups is 1. The van der Waals surface area contributed by atoms with Gasteiger partial charge in [-0.25, -0.2) is 4.39 Å². The summed E-state index contributed by atoms with van der Waals surface area (Å²) in [6.07, 6.45) is 0. The molecule has 0 saturated carbocycles. The van der Waals surface area contributed by atoms with Crippen LogP contribution in [0.4, 0.5) is 4.39 Å². The number of aliphatic imine (C=N–C) groups is 1. The topological polar surface area (TPSA) is 42.9 Å². The van der Waals surface area contributed by atoms with E-state index in [0.29, 0.717) is 18.0 Å². The Labute approximate surface area is 180 Å². The predicted octanol–water partition coefficient (Wildman–Crippen LogP) is 2.69. The average Bonchev–Trinajstić information content (AvgIpc) is 2.65. The van der Waals surface area contributed by atoms with Crippen LogP contribution in [0.15, 0.2) is 23.2 Å². The molecule has 1 fully saturated rings. The Bertz CT molecular complexity index is 588. The van der Waals surface area contributed by atoms with Gasteiger partial charge in [0.05, 0.1) is 0 Å². The molecule has 1 aliphatic heterocycles. The molecule has 1 aliphatic rings. The van der Waals surface area contributed by atoms with E-state index in [4.69, 9.17) is 0 Å². The van der Waals surface area contributed by atoms with E-state index in [1.54, 1.807) is 20.0 Å². The van der Waals surface area contributed by atoms with Gasteiger partial charge < -0.3 is 20.4 Å². The molecule has 0 aromatic heterocycles. The minimum Gasteiger partial charge on any atom is -0.356 e. The van der Waals surface area contributed by atoms with Crippen LogP contribution >= 0.6 is 24.0 Å². The molecule has 0 aliphatic carbocycles. The summed E-state index contributed by atoms with van der Waals surface area (Å²) in [5, 5.41) is 6.70. The molecule has 2 rings (SSSR count). The van der Waals surface area contributed by atoms with Crippen molar-refractivity contribution in [3.8, 4) is 0 Å². The first-order valence-corrected chi connectivity index (χ1v) is 9.66. The van der Waals surface area contributed by atoms with Crippen molar-refractivity contribution in [2.75, 3.05) is 52.9 Å². The maximum Gasteiger partial charge on any atom is 0.191 e. The number of aryl methyl sites for hydroxylation is 1. The fourth-order valence-corrected chi connectivity index (χ4v) is 3.29. The zero-order valence-corrected chi connectivity index (χ0v) is 19.4. The number of nitrogens with zero attached hydrogens (tertiary/aromatic N) is 3. The number of nitrogens with one attached hydrogen (secondary N) is 2. The third-order valence-corrected chi connectivity index (χ3v) is 5.01. The van der Waals surface area contributed by atoms with Gasteiger partial charge in [0.15, 0.2) is 5.96 Å². The molecule has 0 radical (unpaired) electrons. The van der Waals surface area contributed by atoms with Crippen LogP contribution < -0.4 is 10.6 Å². The van der Waals surface area contributed by atoms with Crippen molar-refractivity contribution in [3.05, 3.63) is 35.1 Å². The molecular formula is C20H35FIN5. The Morgan fingerprint density at radius 1 is 1.19 bits per heavy atom. The molecule has 5 nitrogen and oxygen atoms in total. The van der Waals surface area contributed by atoms with Crippen molar-refractivity contribution < 1.29 is 4.39 Å². The SMILES string of the molecule is CCN1CCN(CC(C)CNC(=NC)NCc2ccc(F)c(C)c2)CC1.I. The highest BCUT2D eigenvalue weighted by molar-refractivity contribution is 14.0. The highest BCUT2D eigenvalue weighted by Gasteiger charge is 2.17. The molecule has 7 heteroatoms. The van der Waals surface area contributed by atoms with Crippen LogP contribution in [-0.2, 0) is 6.54 Å². The first-order chi connectivity index (χ1) is 12.5. The lowest BCUT2D eigenvalue weighted by Crippen LogP contribution is -2.48. The Morgan fingerprint density at radius 3 is 2.44 bits per heavy atom. The van der Waals surface area contributed by atoms with E-state index >= 15 is 0 Å². The number of likely N-dealkylation sites (N-methyl/N-ethyl adjacent to an activating group) is 1. The summed E-state index contributed by atoms with van der Waals surface area (Å²) in [6, 6.07) is 5.19. The maximum atomic E-state index is 13.3. The van der Waals surface area contributed by atoms with Crippen molar-refractivity contribution >= 4 is 29.9 Å². The molecule has 27 heavy (non-hydrogen) atoms. The van der Waals surface area contributed by atoms with E-state index in [-0.39, 0.29) is 29.8 Å². The van der Waals surface area contributed by atoms with Gasteiger partial charge in [-0.15, -0.1) is 24.0 Å². The number of halogens is 2. The zero-order chi connectivity index (χ0) is 18.9. The van der Waals surface area contributed by atoms with E-state index in [9.17, 15) is 4.39 Å². The van der Waals surface area contributed by atoms with E-state index in [0.717, 1.165) is 44.2 Å². The summed E-state index contributed by atoms with van der Waals surface area (Å²) in [5.74, 6) is 1.18. The van der Waals surface area contributed by atoms with Gasteiger partial charge >= 0.3 is 0 Å². The number of rotatable bonds is 7. The van der Waals surface area contributed by atoms with Crippen LogP contribution in [0.1, 0.15) is 25.0 Å².